The zero-order valence-electron chi connectivity index (χ0n) is 10.9. The molecule has 6 nitrogen and oxygen atoms in total. The molecular formula is C13H11ClN2O4S. The van der Waals surface area contributed by atoms with Crippen molar-refractivity contribution < 1.29 is 13.3 Å². The maximum absolute atomic E-state index is 12.4. The molecule has 1 N–H and O–H groups in total. The number of hydrogen-bond acceptors (Lipinski definition) is 4. The van der Waals surface area contributed by atoms with Crippen LogP contribution in [0, 0.1) is 17.0 Å². The standard InChI is InChI=1S/C13H11ClN2O4S/c1-9-6-7-10(16(17)18)8-13(9)21(19,20)15-12-5-3-2-4-11(12)14/h2-8,15H,1H3. The van der Waals surface area contributed by atoms with E-state index in [1.807, 2.05) is 0 Å². The molecule has 0 fully saturated rings. The number of aryl methyl sites for hydroxylation is 1. The van der Waals surface area contributed by atoms with Crippen LogP contribution in [-0.2, 0) is 10.0 Å². The van der Waals surface area contributed by atoms with Crippen molar-refractivity contribution in [2.75, 3.05) is 4.72 Å². The summed E-state index contributed by atoms with van der Waals surface area (Å²) in [6, 6.07) is 10.0. The fraction of sp³-hybridized carbons (Fsp3) is 0.0769. The molecule has 21 heavy (non-hydrogen) atoms. The summed E-state index contributed by atoms with van der Waals surface area (Å²) in [5.74, 6) is 0. The lowest BCUT2D eigenvalue weighted by Crippen LogP contribution is -2.14. The SMILES string of the molecule is Cc1ccc([N+](=O)[O-])cc1S(=O)(=O)Nc1ccccc1Cl. The number of nitro groups is 1. The molecule has 2 rings (SSSR count). The number of rotatable bonds is 4. The van der Waals surface area contributed by atoms with Crippen LogP contribution in [0.3, 0.4) is 0 Å². The Kier molecular flexibility index (Phi) is 4.15. The van der Waals surface area contributed by atoms with E-state index in [2.05, 4.69) is 4.72 Å². The van der Waals surface area contributed by atoms with Gasteiger partial charge < -0.3 is 0 Å². The van der Waals surface area contributed by atoms with E-state index in [0.717, 1.165) is 6.07 Å². The second kappa shape index (κ2) is 5.71. The fourth-order valence-electron chi connectivity index (χ4n) is 1.74. The highest BCUT2D eigenvalue weighted by atomic mass is 35.5. The van der Waals surface area contributed by atoms with Crippen molar-refractivity contribution in [1.29, 1.82) is 0 Å². The smallest absolute Gasteiger partial charge is 0.270 e. The second-order valence-corrected chi connectivity index (χ2v) is 6.35. The molecule has 2 aromatic rings. The van der Waals surface area contributed by atoms with Gasteiger partial charge in [-0.25, -0.2) is 8.42 Å². The molecule has 8 heteroatoms. The number of nitrogens with zero attached hydrogens (tertiary/aromatic N) is 1. The van der Waals surface area contributed by atoms with E-state index >= 15 is 0 Å². The van der Waals surface area contributed by atoms with E-state index in [1.54, 1.807) is 25.1 Å². The monoisotopic (exact) mass is 326 g/mol. The van der Waals surface area contributed by atoms with Crippen LogP contribution in [0.15, 0.2) is 47.4 Å². The molecule has 0 atom stereocenters. The van der Waals surface area contributed by atoms with Crippen LogP contribution in [-0.4, -0.2) is 13.3 Å². The number of non-ortho nitro benzene ring substituents is 1. The van der Waals surface area contributed by atoms with Gasteiger partial charge in [0.05, 0.1) is 20.5 Å². The van der Waals surface area contributed by atoms with Gasteiger partial charge in [-0.1, -0.05) is 29.8 Å². The summed E-state index contributed by atoms with van der Waals surface area (Å²) in [6.45, 7) is 1.56. The van der Waals surface area contributed by atoms with Crippen LogP contribution in [0.4, 0.5) is 11.4 Å². The minimum Gasteiger partial charge on any atom is -0.278 e. The zero-order valence-corrected chi connectivity index (χ0v) is 12.5. The zero-order chi connectivity index (χ0) is 15.6. The van der Waals surface area contributed by atoms with Gasteiger partial charge in [0.1, 0.15) is 0 Å². The number of anilines is 1. The van der Waals surface area contributed by atoms with Gasteiger partial charge in [-0.2, -0.15) is 0 Å². The highest BCUT2D eigenvalue weighted by molar-refractivity contribution is 7.92. The van der Waals surface area contributed by atoms with Crippen molar-refractivity contribution in [3.8, 4) is 0 Å². The second-order valence-electron chi connectivity index (χ2n) is 4.29. The van der Waals surface area contributed by atoms with Gasteiger partial charge in [0, 0.05) is 12.1 Å². The summed E-state index contributed by atoms with van der Waals surface area (Å²) in [6.07, 6.45) is 0. The number of nitrogens with one attached hydrogen (secondary N) is 1. The van der Waals surface area contributed by atoms with Crippen molar-refractivity contribution in [1.82, 2.24) is 0 Å². The largest absolute Gasteiger partial charge is 0.278 e. The molecular weight excluding hydrogens is 316 g/mol. The van der Waals surface area contributed by atoms with E-state index in [4.69, 9.17) is 11.6 Å². The number of nitro benzene ring substituents is 1. The number of para-hydroxylation sites is 1. The third-order valence-electron chi connectivity index (χ3n) is 2.79. The lowest BCUT2D eigenvalue weighted by Gasteiger charge is -2.11. The molecule has 2 aromatic carbocycles. The summed E-state index contributed by atoms with van der Waals surface area (Å²) in [5.41, 5.74) is 0.324. The van der Waals surface area contributed by atoms with Gasteiger partial charge in [-0.3, -0.25) is 14.8 Å². The Morgan fingerprint density at radius 2 is 1.86 bits per heavy atom. The average molecular weight is 327 g/mol. The number of halogens is 1. The van der Waals surface area contributed by atoms with Crippen LogP contribution < -0.4 is 4.72 Å². The minimum atomic E-state index is -3.96. The maximum atomic E-state index is 12.4. The van der Waals surface area contributed by atoms with Crippen molar-refractivity contribution >= 4 is 33.0 Å². The van der Waals surface area contributed by atoms with Crippen LogP contribution >= 0.6 is 11.6 Å². The van der Waals surface area contributed by atoms with Gasteiger partial charge in [0.15, 0.2) is 0 Å². The van der Waals surface area contributed by atoms with Crippen molar-refractivity contribution in [2.24, 2.45) is 0 Å². The van der Waals surface area contributed by atoms with E-state index < -0.39 is 14.9 Å². The normalized spacial score (nSPS) is 11.1. The third kappa shape index (κ3) is 3.32. The topological polar surface area (TPSA) is 89.3 Å². The van der Waals surface area contributed by atoms with Gasteiger partial charge >= 0.3 is 0 Å². The highest BCUT2D eigenvalue weighted by Crippen LogP contribution is 2.27. The Morgan fingerprint density at radius 3 is 2.48 bits per heavy atom. The van der Waals surface area contributed by atoms with Crippen LogP contribution in [0.25, 0.3) is 0 Å². The van der Waals surface area contributed by atoms with Gasteiger partial charge in [0.25, 0.3) is 15.7 Å². The van der Waals surface area contributed by atoms with Crippen LogP contribution in [0.2, 0.25) is 5.02 Å². The first-order valence-corrected chi connectivity index (χ1v) is 7.70. The fourth-order valence-corrected chi connectivity index (χ4v) is 3.32. The summed E-state index contributed by atoms with van der Waals surface area (Å²) >= 11 is 5.90. The van der Waals surface area contributed by atoms with Crippen molar-refractivity contribution in [2.45, 2.75) is 11.8 Å². The molecule has 0 spiro atoms. The average Bonchev–Trinajstić information content (AvgIpc) is 2.41. The van der Waals surface area contributed by atoms with E-state index in [1.165, 1.54) is 18.2 Å². The quantitative estimate of drug-likeness (QED) is 0.689. The first kappa shape index (κ1) is 15.3. The Balaban J connectivity index is 2.47. The Labute approximate surface area is 126 Å². The molecule has 0 aliphatic carbocycles. The summed E-state index contributed by atoms with van der Waals surface area (Å²) in [5, 5.41) is 11.0. The third-order valence-corrected chi connectivity index (χ3v) is 4.63. The number of benzene rings is 2. The number of hydrogen-bond donors (Lipinski definition) is 1. The van der Waals surface area contributed by atoms with E-state index in [0.29, 0.717) is 5.56 Å². The molecule has 0 unspecified atom stereocenters. The van der Waals surface area contributed by atoms with Crippen molar-refractivity contribution in [3.63, 3.8) is 0 Å². The Hall–Kier alpha value is -2.12. The lowest BCUT2D eigenvalue weighted by atomic mass is 10.2. The molecule has 0 aromatic heterocycles. The van der Waals surface area contributed by atoms with Crippen LogP contribution in [0.5, 0.6) is 0 Å². The van der Waals surface area contributed by atoms with Crippen LogP contribution in [0.1, 0.15) is 5.56 Å². The first-order chi connectivity index (χ1) is 9.81. The first-order valence-electron chi connectivity index (χ1n) is 5.83. The Bertz CT molecular complexity index is 806. The van der Waals surface area contributed by atoms with Crippen molar-refractivity contribution in [3.05, 3.63) is 63.2 Å². The van der Waals surface area contributed by atoms with Gasteiger partial charge in [0.2, 0.25) is 0 Å². The molecule has 0 bridgehead atoms. The summed E-state index contributed by atoms with van der Waals surface area (Å²) in [4.78, 5) is 9.97. The summed E-state index contributed by atoms with van der Waals surface area (Å²) in [7, 11) is -3.96. The highest BCUT2D eigenvalue weighted by Gasteiger charge is 2.21. The van der Waals surface area contributed by atoms with E-state index in [-0.39, 0.29) is 21.3 Å². The summed E-state index contributed by atoms with van der Waals surface area (Å²) < 4.78 is 27.0. The Morgan fingerprint density at radius 1 is 1.19 bits per heavy atom. The molecule has 0 radical (unpaired) electrons. The predicted molar refractivity (Wildman–Crippen MR) is 80.1 cm³/mol. The molecule has 0 amide bonds. The minimum absolute atomic E-state index is 0.156. The molecule has 110 valence electrons. The molecule has 0 saturated heterocycles. The maximum Gasteiger partial charge on any atom is 0.270 e. The lowest BCUT2D eigenvalue weighted by molar-refractivity contribution is -0.385. The van der Waals surface area contributed by atoms with Gasteiger partial charge in [-0.05, 0) is 24.6 Å². The predicted octanol–water partition coefficient (Wildman–Crippen LogP) is 3.36. The van der Waals surface area contributed by atoms with Gasteiger partial charge in [-0.15, -0.1) is 0 Å². The molecule has 0 aliphatic rings. The van der Waals surface area contributed by atoms with E-state index in [9.17, 15) is 18.5 Å². The number of sulfonamides is 1. The molecule has 0 aliphatic heterocycles. The molecule has 0 saturated carbocycles. The molecule has 0 heterocycles.